The number of hydrogen-bond donors (Lipinski definition) is 2. The molecule has 2 rings (SSSR count). The van der Waals surface area contributed by atoms with Gasteiger partial charge in [-0.05, 0) is 13.0 Å². The van der Waals surface area contributed by atoms with Crippen LogP contribution >= 0.6 is 0 Å². The number of rotatable bonds is 1. The average molecular weight is 218 g/mol. The predicted molar refractivity (Wildman–Crippen MR) is 58.3 cm³/mol. The van der Waals surface area contributed by atoms with Crippen LogP contribution in [0.4, 0.5) is 4.39 Å². The summed E-state index contributed by atoms with van der Waals surface area (Å²) in [6.07, 6.45) is -1.01. The molecule has 2 N–H and O–H groups in total. The summed E-state index contributed by atoms with van der Waals surface area (Å²) in [4.78, 5) is 17.7. The largest absolute Gasteiger partial charge is 0.387 e. The maximum Gasteiger partial charge on any atom is 0.272 e. The minimum Gasteiger partial charge on any atom is -0.387 e. The van der Waals surface area contributed by atoms with Gasteiger partial charge in [0.25, 0.3) is 5.56 Å². The van der Waals surface area contributed by atoms with Gasteiger partial charge in [-0.3, -0.25) is 4.79 Å². The van der Waals surface area contributed by atoms with E-state index in [-0.39, 0.29) is 22.2 Å². The van der Waals surface area contributed by atoms with Crippen molar-refractivity contribution in [2.24, 2.45) is 0 Å². The van der Waals surface area contributed by atoms with Crippen molar-refractivity contribution < 1.29 is 9.50 Å². The summed E-state index contributed by atoms with van der Waals surface area (Å²) in [5.74, 6) is -0.709. The normalized spacial score (nSPS) is 12.9. The Balaban J connectivity index is 2.84. The van der Waals surface area contributed by atoms with Gasteiger partial charge in [-0.2, -0.15) is 0 Å². The summed E-state index contributed by atoms with van der Waals surface area (Å²) in [7, 11) is 5.36. The van der Waals surface area contributed by atoms with Crippen LogP contribution in [0.25, 0.3) is 11.0 Å². The highest BCUT2D eigenvalue weighted by molar-refractivity contribution is 6.33. The molecule has 0 amide bonds. The number of aromatic nitrogens is 2. The smallest absolute Gasteiger partial charge is 0.272 e. The molecular weight excluding hydrogens is 210 g/mol. The second kappa shape index (κ2) is 3.71. The molecule has 0 bridgehead atoms. The fraction of sp³-hybridized carbons (Fsp3) is 0.200. The van der Waals surface area contributed by atoms with Crippen molar-refractivity contribution >= 4 is 24.3 Å². The van der Waals surface area contributed by atoms with Crippen molar-refractivity contribution in [2.75, 3.05) is 0 Å². The fourth-order valence-electron chi connectivity index (χ4n) is 1.44. The number of H-pyrrole nitrogens is 1. The molecule has 0 fully saturated rings. The molecule has 80 valence electrons. The fourth-order valence-corrected chi connectivity index (χ4v) is 1.44. The Bertz CT molecular complexity index is 610. The van der Waals surface area contributed by atoms with Gasteiger partial charge in [0.05, 0.1) is 11.6 Å². The van der Waals surface area contributed by atoms with Crippen molar-refractivity contribution in [3.8, 4) is 0 Å². The molecular formula is C10H8BFN2O2. The third-order valence-corrected chi connectivity index (χ3v) is 2.26. The van der Waals surface area contributed by atoms with Crippen LogP contribution < -0.4 is 11.0 Å². The van der Waals surface area contributed by atoms with Gasteiger partial charge in [-0.1, -0.05) is 11.5 Å². The monoisotopic (exact) mass is 218 g/mol. The Labute approximate surface area is 91.6 Å². The molecule has 1 aromatic heterocycles. The Morgan fingerprint density at radius 3 is 2.88 bits per heavy atom. The van der Waals surface area contributed by atoms with Crippen molar-refractivity contribution in [1.82, 2.24) is 9.97 Å². The van der Waals surface area contributed by atoms with Crippen molar-refractivity contribution in [1.29, 1.82) is 0 Å². The first-order valence-electron chi connectivity index (χ1n) is 4.66. The third-order valence-electron chi connectivity index (χ3n) is 2.26. The van der Waals surface area contributed by atoms with E-state index in [1.165, 1.54) is 19.1 Å². The molecule has 1 heterocycles. The van der Waals surface area contributed by atoms with E-state index in [1.807, 2.05) is 0 Å². The van der Waals surface area contributed by atoms with E-state index in [0.29, 0.717) is 0 Å². The number of nitrogens with zero attached hydrogens (tertiary/aromatic N) is 1. The average Bonchev–Trinajstić information content (AvgIpc) is 2.23. The minimum atomic E-state index is -1.01. The molecule has 2 aromatic rings. The lowest BCUT2D eigenvalue weighted by Gasteiger charge is -2.06. The number of hydrogen-bond acceptors (Lipinski definition) is 3. The van der Waals surface area contributed by atoms with Crippen LogP contribution in [0.5, 0.6) is 0 Å². The molecule has 0 aliphatic rings. The Hall–Kier alpha value is -1.69. The standard InChI is InChI=1S/C10H8BFN2O2/c1-4(15)8-10(16)14-9-6(13-8)3-2-5(11)7(9)12/h2-4,15H,1H3,(H,14,16). The summed E-state index contributed by atoms with van der Waals surface area (Å²) < 4.78 is 13.5. The van der Waals surface area contributed by atoms with E-state index < -0.39 is 17.5 Å². The Morgan fingerprint density at radius 2 is 2.25 bits per heavy atom. The summed E-state index contributed by atoms with van der Waals surface area (Å²) in [5, 5.41) is 9.29. The van der Waals surface area contributed by atoms with Gasteiger partial charge >= 0.3 is 0 Å². The van der Waals surface area contributed by atoms with Crippen LogP contribution in [0.15, 0.2) is 16.9 Å². The molecule has 1 atom stereocenters. The Morgan fingerprint density at radius 1 is 1.56 bits per heavy atom. The van der Waals surface area contributed by atoms with E-state index >= 15 is 0 Å². The van der Waals surface area contributed by atoms with Gasteiger partial charge in [0, 0.05) is 0 Å². The zero-order chi connectivity index (χ0) is 11.9. The summed E-state index contributed by atoms with van der Waals surface area (Å²) in [5.41, 5.74) is -0.519. The first-order chi connectivity index (χ1) is 7.50. The van der Waals surface area contributed by atoms with Gasteiger partial charge in [0.1, 0.15) is 24.9 Å². The second-order valence-corrected chi connectivity index (χ2v) is 3.49. The van der Waals surface area contributed by atoms with E-state index in [1.54, 1.807) is 0 Å². The molecule has 0 saturated heterocycles. The highest BCUT2D eigenvalue weighted by atomic mass is 19.1. The second-order valence-electron chi connectivity index (χ2n) is 3.49. The number of aromatic amines is 1. The minimum absolute atomic E-state index is 0.0447. The number of fused-ring (bicyclic) bond motifs is 1. The molecule has 6 heteroatoms. The van der Waals surface area contributed by atoms with E-state index in [4.69, 9.17) is 7.85 Å². The summed E-state index contributed by atoms with van der Waals surface area (Å²) in [6.45, 7) is 1.41. The van der Waals surface area contributed by atoms with Gasteiger partial charge in [0.2, 0.25) is 0 Å². The molecule has 2 radical (unpaired) electrons. The van der Waals surface area contributed by atoms with Crippen LogP contribution in [0.3, 0.4) is 0 Å². The van der Waals surface area contributed by atoms with Gasteiger partial charge < -0.3 is 10.1 Å². The quantitative estimate of drug-likeness (QED) is 0.657. The first kappa shape index (κ1) is 10.8. The van der Waals surface area contributed by atoms with Crippen LogP contribution in [0, 0.1) is 5.82 Å². The van der Waals surface area contributed by atoms with Crippen molar-refractivity contribution in [2.45, 2.75) is 13.0 Å². The lowest BCUT2D eigenvalue weighted by molar-refractivity contribution is 0.193. The highest BCUT2D eigenvalue weighted by Gasteiger charge is 2.12. The zero-order valence-electron chi connectivity index (χ0n) is 8.49. The lowest BCUT2D eigenvalue weighted by Crippen LogP contribution is -2.20. The molecule has 1 aromatic carbocycles. The SMILES string of the molecule is [B]c1ccc2nc(C(C)O)c(=O)[nH]c2c1F. The van der Waals surface area contributed by atoms with Gasteiger partial charge in [0.15, 0.2) is 0 Å². The highest BCUT2D eigenvalue weighted by Crippen LogP contribution is 2.12. The van der Waals surface area contributed by atoms with E-state index in [0.717, 1.165) is 0 Å². The van der Waals surface area contributed by atoms with Crippen LogP contribution in [0.1, 0.15) is 18.7 Å². The molecule has 16 heavy (non-hydrogen) atoms. The van der Waals surface area contributed by atoms with Crippen molar-refractivity contribution in [3.63, 3.8) is 0 Å². The predicted octanol–water partition coefficient (Wildman–Crippen LogP) is -0.0907. The number of benzene rings is 1. The number of aliphatic hydroxyl groups is 1. The van der Waals surface area contributed by atoms with Crippen LogP contribution in [-0.4, -0.2) is 22.9 Å². The first-order valence-corrected chi connectivity index (χ1v) is 4.66. The van der Waals surface area contributed by atoms with E-state index in [9.17, 15) is 14.3 Å². The van der Waals surface area contributed by atoms with E-state index in [2.05, 4.69) is 9.97 Å². The molecule has 1 unspecified atom stereocenters. The van der Waals surface area contributed by atoms with Crippen LogP contribution in [-0.2, 0) is 0 Å². The molecule has 0 saturated carbocycles. The third kappa shape index (κ3) is 1.61. The summed E-state index contributed by atoms with van der Waals surface area (Å²) in [6, 6.07) is 2.84. The molecule has 0 spiro atoms. The molecule has 0 aliphatic heterocycles. The summed E-state index contributed by atoms with van der Waals surface area (Å²) >= 11 is 0. The van der Waals surface area contributed by atoms with Gasteiger partial charge in [-0.15, -0.1) is 0 Å². The van der Waals surface area contributed by atoms with Crippen molar-refractivity contribution in [3.05, 3.63) is 34.0 Å². The topological polar surface area (TPSA) is 66.0 Å². The lowest BCUT2D eigenvalue weighted by atomic mass is 9.95. The number of halogens is 1. The van der Waals surface area contributed by atoms with Gasteiger partial charge in [-0.25, -0.2) is 9.37 Å². The molecule has 4 nitrogen and oxygen atoms in total. The zero-order valence-corrected chi connectivity index (χ0v) is 8.49. The number of aliphatic hydroxyl groups excluding tert-OH is 1. The maximum absolute atomic E-state index is 13.5. The molecule has 0 aliphatic carbocycles. The maximum atomic E-state index is 13.5. The number of nitrogens with one attached hydrogen (secondary N) is 1. The van der Waals surface area contributed by atoms with Crippen LogP contribution in [0.2, 0.25) is 0 Å². The Kier molecular flexibility index (Phi) is 2.51.